The zero-order chi connectivity index (χ0) is 16.1. The maximum absolute atomic E-state index is 13.2. The third-order valence-electron chi connectivity index (χ3n) is 2.97. The summed E-state index contributed by atoms with van der Waals surface area (Å²) in [6.45, 7) is 2.07. The average molecular weight is 322 g/mol. The third kappa shape index (κ3) is 4.17. The van der Waals surface area contributed by atoms with Gasteiger partial charge in [-0.3, -0.25) is 14.6 Å². The predicted molar refractivity (Wildman–Crippen MR) is 83.7 cm³/mol. The predicted octanol–water partition coefficient (Wildman–Crippen LogP) is 2.23. The van der Waals surface area contributed by atoms with Crippen molar-refractivity contribution in [2.75, 3.05) is 18.1 Å². The Morgan fingerprint density at radius 2 is 2.14 bits per heavy atom. The highest BCUT2D eigenvalue weighted by Crippen LogP contribution is 2.17. The van der Waals surface area contributed by atoms with E-state index in [9.17, 15) is 14.0 Å². The number of carbonyl (C=O) groups is 2. The van der Waals surface area contributed by atoms with Crippen molar-refractivity contribution in [2.45, 2.75) is 6.92 Å². The zero-order valence-corrected chi connectivity index (χ0v) is 12.7. The monoisotopic (exact) mass is 322 g/mol. The molecule has 0 saturated heterocycles. The molecule has 22 heavy (non-hydrogen) atoms. The van der Waals surface area contributed by atoms with Crippen molar-refractivity contribution < 1.29 is 19.1 Å². The number of rotatable bonds is 6. The average Bonchev–Trinajstić information content (AvgIpc) is 2.45. The standard InChI is InChI=1S/C15H15FN2O3S/c1-9-12(15(21)17-4-5-22-8-14(19)20)6-10-2-3-11(16)7-13(10)18-9/h2-3,6-7H,4-5,8H2,1H3,(H,17,21)(H,19,20). The quantitative estimate of drug-likeness (QED) is 0.797. The number of carboxylic acid groups (broad SMARTS) is 1. The van der Waals surface area contributed by atoms with Gasteiger partial charge in [0.25, 0.3) is 5.91 Å². The Bertz CT molecular complexity index is 721. The number of nitrogens with one attached hydrogen (secondary N) is 1. The number of amides is 1. The number of benzene rings is 1. The summed E-state index contributed by atoms with van der Waals surface area (Å²) < 4.78 is 13.2. The van der Waals surface area contributed by atoms with E-state index in [4.69, 9.17) is 5.11 Å². The molecule has 0 aliphatic carbocycles. The first-order valence-corrected chi connectivity index (χ1v) is 7.77. The molecule has 0 spiro atoms. The molecule has 0 aliphatic rings. The van der Waals surface area contributed by atoms with Gasteiger partial charge in [0.1, 0.15) is 5.82 Å². The van der Waals surface area contributed by atoms with Crippen LogP contribution >= 0.6 is 11.8 Å². The van der Waals surface area contributed by atoms with Crippen molar-refractivity contribution in [2.24, 2.45) is 0 Å². The smallest absolute Gasteiger partial charge is 0.313 e. The molecular formula is C15H15FN2O3S. The first kappa shape index (κ1) is 16.2. The number of fused-ring (bicyclic) bond motifs is 1. The number of pyridine rings is 1. The maximum Gasteiger partial charge on any atom is 0.313 e. The molecule has 0 radical (unpaired) electrons. The highest BCUT2D eigenvalue weighted by Gasteiger charge is 2.11. The topological polar surface area (TPSA) is 79.3 Å². The van der Waals surface area contributed by atoms with Crippen LogP contribution in [0, 0.1) is 12.7 Å². The third-order valence-corrected chi connectivity index (χ3v) is 3.92. The second-order valence-electron chi connectivity index (χ2n) is 4.66. The molecule has 2 aromatic rings. The maximum atomic E-state index is 13.2. The van der Waals surface area contributed by atoms with E-state index in [2.05, 4.69) is 10.3 Å². The SMILES string of the molecule is Cc1nc2cc(F)ccc2cc1C(=O)NCCSCC(=O)O. The fourth-order valence-corrected chi connectivity index (χ4v) is 2.52. The molecular weight excluding hydrogens is 307 g/mol. The minimum Gasteiger partial charge on any atom is -0.481 e. The van der Waals surface area contributed by atoms with E-state index in [1.807, 2.05) is 0 Å². The van der Waals surface area contributed by atoms with Gasteiger partial charge in [-0.25, -0.2) is 4.39 Å². The molecule has 2 N–H and O–H groups in total. The molecule has 0 saturated carbocycles. The summed E-state index contributed by atoms with van der Waals surface area (Å²) in [4.78, 5) is 26.7. The lowest BCUT2D eigenvalue weighted by Crippen LogP contribution is -2.27. The summed E-state index contributed by atoms with van der Waals surface area (Å²) in [5.41, 5.74) is 1.46. The summed E-state index contributed by atoms with van der Waals surface area (Å²) >= 11 is 1.24. The van der Waals surface area contributed by atoms with Crippen molar-refractivity contribution in [3.8, 4) is 0 Å². The van der Waals surface area contributed by atoms with Crippen molar-refractivity contribution in [1.29, 1.82) is 0 Å². The fourth-order valence-electron chi connectivity index (χ4n) is 1.96. The highest BCUT2D eigenvalue weighted by atomic mass is 32.2. The number of nitrogens with zero attached hydrogens (tertiary/aromatic N) is 1. The minimum atomic E-state index is -0.877. The summed E-state index contributed by atoms with van der Waals surface area (Å²) in [6, 6.07) is 5.91. The normalized spacial score (nSPS) is 10.6. The Balaban J connectivity index is 2.03. The minimum absolute atomic E-state index is 0.0119. The Morgan fingerprint density at radius 1 is 1.36 bits per heavy atom. The number of aromatic nitrogens is 1. The number of thioether (sulfide) groups is 1. The van der Waals surface area contributed by atoms with Gasteiger partial charge in [-0.15, -0.1) is 11.8 Å². The molecule has 0 fully saturated rings. The van der Waals surface area contributed by atoms with E-state index in [0.29, 0.717) is 34.5 Å². The molecule has 1 heterocycles. The highest BCUT2D eigenvalue weighted by molar-refractivity contribution is 7.99. The van der Waals surface area contributed by atoms with Gasteiger partial charge in [-0.05, 0) is 25.1 Å². The van der Waals surface area contributed by atoms with Crippen molar-refractivity contribution in [1.82, 2.24) is 10.3 Å². The van der Waals surface area contributed by atoms with E-state index >= 15 is 0 Å². The number of halogens is 1. The largest absolute Gasteiger partial charge is 0.481 e. The second kappa shape index (κ2) is 7.22. The van der Waals surface area contributed by atoms with Crippen LogP contribution in [0.3, 0.4) is 0 Å². The number of carbonyl (C=O) groups excluding carboxylic acids is 1. The first-order valence-electron chi connectivity index (χ1n) is 6.62. The van der Waals surface area contributed by atoms with E-state index in [0.717, 1.165) is 0 Å². The lowest BCUT2D eigenvalue weighted by molar-refractivity contribution is -0.133. The van der Waals surface area contributed by atoms with Gasteiger partial charge in [0.2, 0.25) is 0 Å². The summed E-state index contributed by atoms with van der Waals surface area (Å²) in [6.07, 6.45) is 0. The van der Waals surface area contributed by atoms with Crippen LogP contribution in [0.1, 0.15) is 16.1 Å². The van der Waals surface area contributed by atoms with Gasteiger partial charge < -0.3 is 10.4 Å². The van der Waals surface area contributed by atoms with Crippen LogP contribution in [0.25, 0.3) is 10.9 Å². The summed E-state index contributed by atoms with van der Waals surface area (Å²) in [5, 5.41) is 11.9. The first-order chi connectivity index (χ1) is 10.5. The van der Waals surface area contributed by atoms with E-state index < -0.39 is 5.97 Å². The van der Waals surface area contributed by atoms with Crippen LogP contribution in [0.2, 0.25) is 0 Å². The molecule has 5 nitrogen and oxygen atoms in total. The van der Waals surface area contributed by atoms with Gasteiger partial charge in [0, 0.05) is 23.8 Å². The van der Waals surface area contributed by atoms with Crippen LogP contribution in [0.5, 0.6) is 0 Å². The fraction of sp³-hybridized carbons (Fsp3) is 0.267. The van der Waals surface area contributed by atoms with Crippen molar-refractivity contribution >= 4 is 34.5 Å². The molecule has 0 bridgehead atoms. The van der Waals surface area contributed by atoms with Gasteiger partial charge in [0.05, 0.1) is 22.5 Å². The molecule has 116 valence electrons. The van der Waals surface area contributed by atoms with E-state index in [1.54, 1.807) is 19.1 Å². The molecule has 0 atom stereocenters. The Hall–Kier alpha value is -2.15. The lowest BCUT2D eigenvalue weighted by atomic mass is 10.1. The second-order valence-corrected chi connectivity index (χ2v) is 5.77. The van der Waals surface area contributed by atoms with Crippen LogP contribution in [-0.4, -0.2) is 40.0 Å². The molecule has 1 aromatic heterocycles. The number of hydrogen-bond donors (Lipinski definition) is 2. The number of carboxylic acids is 1. The lowest BCUT2D eigenvalue weighted by Gasteiger charge is -2.08. The van der Waals surface area contributed by atoms with Crippen LogP contribution < -0.4 is 5.32 Å². The van der Waals surface area contributed by atoms with Gasteiger partial charge in [-0.2, -0.15) is 0 Å². The zero-order valence-electron chi connectivity index (χ0n) is 11.9. The number of aliphatic carboxylic acids is 1. The van der Waals surface area contributed by atoms with E-state index in [1.165, 1.54) is 23.9 Å². The molecule has 0 unspecified atom stereocenters. The molecule has 1 aromatic carbocycles. The van der Waals surface area contributed by atoms with E-state index in [-0.39, 0.29) is 17.5 Å². The molecule has 0 aliphatic heterocycles. The Labute approximate surface area is 130 Å². The van der Waals surface area contributed by atoms with Crippen molar-refractivity contribution in [3.63, 3.8) is 0 Å². The molecule has 2 rings (SSSR count). The number of hydrogen-bond acceptors (Lipinski definition) is 4. The van der Waals surface area contributed by atoms with Gasteiger partial charge in [-0.1, -0.05) is 0 Å². The Morgan fingerprint density at radius 3 is 2.86 bits per heavy atom. The van der Waals surface area contributed by atoms with Gasteiger partial charge >= 0.3 is 5.97 Å². The van der Waals surface area contributed by atoms with Crippen molar-refractivity contribution in [3.05, 3.63) is 41.3 Å². The summed E-state index contributed by atoms with van der Waals surface area (Å²) in [5.74, 6) is -0.987. The molecule has 1 amide bonds. The Kier molecular flexibility index (Phi) is 5.32. The summed E-state index contributed by atoms with van der Waals surface area (Å²) in [7, 11) is 0. The molecule has 7 heteroatoms. The van der Waals surface area contributed by atoms with Gasteiger partial charge in [0.15, 0.2) is 0 Å². The number of aryl methyl sites for hydroxylation is 1. The van der Waals surface area contributed by atoms with Crippen LogP contribution in [-0.2, 0) is 4.79 Å². The van der Waals surface area contributed by atoms with Crippen LogP contribution in [0.4, 0.5) is 4.39 Å². The van der Waals surface area contributed by atoms with Crippen LogP contribution in [0.15, 0.2) is 24.3 Å².